The van der Waals surface area contributed by atoms with E-state index in [1.54, 1.807) is 49.6 Å². The van der Waals surface area contributed by atoms with Crippen molar-refractivity contribution in [3.8, 4) is 17.2 Å². The molecule has 0 aromatic heterocycles. The molecule has 4 aromatic carbocycles. The summed E-state index contributed by atoms with van der Waals surface area (Å²) in [5.41, 5.74) is 2.01. The fourth-order valence-electron chi connectivity index (χ4n) is 5.32. The molecule has 0 unspecified atom stereocenters. The van der Waals surface area contributed by atoms with Crippen LogP contribution in [0.4, 0.5) is 5.69 Å². The van der Waals surface area contributed by atoms with Crippen LogP contribution in [0.3, 0.4) is 0 Å². The first kappa shape index (κ1) is 36.8. The van der Waals surface area contributed by atoms with Crippen LogP contribution in [0.2, 0.25) is 0 Å². The summed E-state index contributed by atoms with van der Waals surface area (Å²) in [7, 11) is 0.185. The molecule has 0 bridgehead atoms. The molecule has 0 aliphatic carbocycles. The van der Waals surface area contributed by atoms with Gasteiger partial charge < -0.3 is 24.4 Å². The number of nitrogens with one attached hydrogen (secondary N) is 1. The molecule has 0 spiro atoms. The highest BCUT2D eigenvalue weighted by Crippen LogP contribution is 2.34. The zero-order valence-corrected chi connectivity index (χ0v) is 29.9. The largest absolute Gasteiger partial charge is 0.497 e. The molecule has 0 radical (unpaired) electrons. The number of carbonyl (C=O) groups excluding carboxylic acids is 2. The number of amides is 2. The summed E-state index contributed by atoms with van der Waals surface area (Å²) < 4.78 is 46.1. The van der Waals surface area contributed by atoms with Gasteiger partial charge in [0.25, 0.3) is 10.0 Å². The lowest BCUT2D eigenvalue weighted by Crippen LogP contribution is -2.56. The van der Waals surface area contributed by atoms with Crippen molar-refractivity contribution in [1.82, 2.24) is 10.2 Å². The Morgan fingerprint density at radius 2 is 1.43 bits per heavy atom. The summed E-state index contributed by atoms with van der Waals surface area (Å²) in [6.45, 7) is 6.86. The van der Waals surface area contributed by atoms with E-state index in [1.807, 2.05) is 64.1 Å². The van der Waals surface area contributed by atoms with E-state index in [-0.39, 0.29) is 35.2 Å². The molecule has 0 heterocycles. The van der Waals surface area contributed by atoms with Crippen molar-refractivity contribution in [2.75, 3.05) is 32.2 Å². The quantitative estimate of drug-likeness (QED) is 0.179. The SMILES string of the molecule is COc1cccc(CN(C(=O)CN(c2ccc(OC)c(OC)c2)S(=O)(=O)c2ccc(C)cc2)[C@@H](Cc2ccccc2)C(=O)NC(C)(C)C)c1. The van der Waals surface area contributed by atoms with Crippen molar-refractivity contribution < 1.29 is 32.2 Å². The molecular formula is C38H45N3O7S. The second-order valence-corrected chi connectivity index (χ2v) is 14.5. The van der Waals surface area contributed by atoms with Crippen molar-refractivity contribution in [3.63, 3.8) is 0 Å². The van der Waals surface area contributed by atoms with Crippen LogP contribution >= 0.6 is 0 Å². The predicted octanol–water partition coefficient (Wildman–Crippen LogP) is 5.77. The maximum atomic E-state index is 14.7. The Labute approximate surface area is 289 Å². The summed E-state index contributed by atoms with van der Waals surface area (Å²) in [4.78, 5) is 30.3. The average molecular weight is 688 g/mol. The lowest BCUT2D eigenvalue weighted by atomic mass is 10.0. The molecular weight excluding hydrogens is 642 g/mol. The van der Waals surface area contributed by atoms with Crippen molar-refractivity contribution >= 4 is 27.5 Å². The van der Waals surface area contributed by atoms with Gasteiger partial charge in [-0.25, -0.2) is 8.42 Å². The minimum Gasteiger partial charge on any atom is -0.497 e. The number of nitrogens with zero attached hydrogens (tertiary/aromatic N) is 2. The number of rotatable bonds is 14. The van der Waals surface area contributed by atoms with Gasteiger partial charge in [0, 0.05) is 24.6 Å². The molecule has 260 valence electrons. The highest BCUT2D eigenvalue weighted by Gasteiger charge is 2.36. The summed E-state index contributed by atoms with van der Waals surface area (Å²) in [5, 5.41) is 3.04. The van der Waals surface area contributed by atoms with Gasteiger partial charge in [-0.3, -0.25) is 13.9 Å². The number of anilines is 1. The summed E-state index contributed by atoms with van der Waals surface area (Å²) in [5.74, 6) is 0.311. The fourth-order valence-corrected chi connectivity index (χ4v) is 6.73. The van der Waals surface area contributed by atoms with E-state index >= 15 is 0 Å². The zero-order valence-electron chi connectivity index (χ0n) is 29.1. The van der Waals surface area contributed by atoms with Gasteiger partial charge in [0.1, 0.15) is 18.3 Å². The van der Waals surface area contributed by atoms with E-state index < -0.39 is 34.1 Å². The Hall–Kier alpha value is -5.03. The van der Waals surface area contributed by atoms with Crippen LogP contribution < -0.4 is 23.8 Å². The third kappa shape index (κ3) is 9.54. The first-order valence-electron chi connectivity index (χ1n) is 15.9. The molecule has 10 nitrogen and oxygen atoms in total. The minimum absolute atomic E-state index is 0.00587. The molecule has 0 aliphatic heterocycles. The lowest BCUT2D eigenvalue weighted by molar-refractivity contribution is -0.140. The highest BCUT2D eigenvalue weighted by molar-refractivity contribution is 7.92. The highest BCUT2D eigenvalue weighted by atomic mass is 32.2. The Morgan fingerprint density at radius 3 is 2.04 bits per heavy atom. The van der Waals surface area contributed by atoms with Crippen LogP contribution in [0, 0.1) is 6.92 Å². The van der Waals surface area contributed by atoms with E-state index in [0.29, 0.717) is 17.1 Å². The molecule has 1 atom stereocenters. The van der Waals surface area contributed by atoms with Crippen molar-refractivity contribution in [2.45, 2.75) is 57.1 Å². The molecule has 2 amide bonds. The standard InChI is InChI=1S/C38H45N3O7S/c1-27-16-19-32(20-17-27)49(44,45)41(30-18-21-34(47-6)35(24-30)48-7)26-36(42)40(25-29-14-11-15-31(22-29)46-5)33(37(43)39-38(2,3)4)23-28-12-9-8-10-13-28/h8-22,24,33H,23,25-26H2,1-7H3,(H,39,43)/t33-/m0/s1. The Morgan fingerprint density at radius 1 is 0.776 bits per heavy atom. The number of hydrogen-bond acceptors (Lipinski definition) is 7. The normalized spacial score (nSPS) is 12.1. The number of hydrogen-bond donors (Lipinski definition) is 1. The average Bonchev–Trinajstić information content (AvgIpc) is 3.08. The molecule has 49 heavy (non-hydrogen) atoms. The van der Waals surface area contributed by atoms with Crippen LogP contribution in [0.25, 0.3) is 0 Å². The third-order valence-electron chi connectivity index (χ3n) is 7.80. The van der Waals surface area contributed by atoms with E-state index in [2.05, 4.69) is 5.32 Å². The van der Waals surface area contributed by atoms with Crippen molar-refractivity contribution in [1.29, 1.82) is 0 Å². The number of carbonyl (C=O) groups is 2. The maximum Gasteiger partial charge on any atom is 0.264 e. The first-order chi connectivity index (χ1) is 23.2. The Balaban J connectivity index is 1.87. The third-order valence-corrected chi connectivity index (χ3v) is 9.59. The number of sulfonamides is 1. The molecule has 0 aliphatic rings. The summed E-state index contributed by atoms with van der Waals surface area (Å²) in [6, 6.07) is 26.7. The van der Waals surface area contributed by atoms with Gasteiger partial charge in [-0.2, -0.15) is 0 Å². The number of benzene rings is 4. The van der Waals surface area contributed by atoms with E-state index in [9.17, 15) is 18.0 Å². The van der Waals surface area contributed by atoms with Crippen LogP contribution in [-0.2, 0) is 32.6 Å². The lowest BCUT2D eigenvalue weighted by Gasteiger charge is -2.35. The zero-order chi connectivity index (χ0) is 35.8. The Bertz CT molecular complexity index is 1840. The van der Waals surface area contributed by atoms with Gasteiger partial charge in [-0.05, 0) is 75.2 Å². The molecule has 0 fully saturated rings. The predicted molar refractivity (Wildman–Crippen MR) is 191 cm³/mol. The molecule has 4 aromatic rings. The minimum atomic E-state index is -4.29. The maximum absolute atomic E-state index is 14.7. The van der Waals surface area contributed by atoms with Gasteiger partial charge in [0.05, 0.1) is 31.9 Å². The van der Waals surface area contributed by atoms with Crippen molar-refractivity contribution in [3.05, 3.63) is 114 Å². The van der Waals surface area contributed by atoms with Gasteiger partial charge in [-0.15, -0.1) is 0 Å². The van der Waals surface area contributed by atoms with Crippen LogP contribution in [0.1, 0.15) is 37.5 Å². The topological polar surface area (TPSA) is 114 Å². The van der Waals surface area contributed by atoms with Crippen LogP contribution in [-0.4, -0.2) is 64.6 Å². The van der Waals surface area contributed by atoms with E-state index in [4.69, 9.17) is 14.2 Å². The van der Waals surface area contributed by atoms with Gasteiger partial charge in [0.2, 0.25) is 11.8 Å². The number of ether oxygens (including phenoxy) is 3. The molecule has 1 N–H and O–H groups in total. The second kappa shape index (κ2) is 15.9. The number of methoxy groups -OCH3 is 3. The monoisotopic (exact) mass is 687 g/mol. The van der Waals surface area contributed by atoms with Gasteiger partial charge in [-0.1, -0.05) is 60.2 Å². The molecule has 0 saturated heterocycles. The first-order valence-corrected chi connectivity index (χ1v) is 17.3. The van der Waals surface area contributed by atoms with Crippen LogP contribution in [0.15, 0.2) is 102 Å². The molecule has 0 saturated carbocycles. The van der Waals surface area contributed by atoms with Crippen molar-refractivity contribution in [2.24, 2.45) is 0 Å². The van der Waals surface area contributed by atoms with Gasteiger partial charge >= 0.3 is 0 Å². The molecule has 11 heteroatoms. The second-order valence-electron chi connectivity index (χ2n) is 12.7. The Kier molecular flexibility index (Phi) is 12.0. The summed E-state index contributed by atoms with van der Waals surface area (Å²) >= 11 is 0. The molecule has 4 rings (SSSR count). The van der Waals surface area contributed by atoms with Crippen LogP contribution in [0.5, 0.6) is 17.2 Å². The fraction of sp³-hybridized carbons (Fsp3) is 0.316. The number of aryl methyl sites for hydroxylation is 1. The smallest absolute Gasteiger partial charge is 0.264 e. The van der Waals surface area contributed by atoms with Gasteiger partial charge in [0.15, 0.2) is 11.5 Å². The van der Waals surface area contributed by atoms with E-state index in [0.717, 1.165) is 15.4 Å². The van der Waals surface area contributed by atoms with E-state index in [1.165, 1.54) is 37.3 Å². The summed E-state index contributed by atoms with van der Waals surface area (Å²) in [6.07, 6.45) is 0.194.